The SMILES string of the molecule is CCOCC1(O)CCc2cc(Br)ccc2C1. The quantitative estimate of drug-likeness (QED) is 0.925. The molecule has 0 spiro atoms. The number of hydrogen-bond donors (Lipinski definition) is 1. The fraction of sp³-hybridized carbons (Fsp3) is 0.538. The highest BCUT2D eigenvalue weighted by Crippen LogP contribution is 2.30. The van der Waals surface area contributed by atoms with Gasteiger partial charge in [-0.15, -0.1) is 0 Å². The highest BCUT2D eigenvalue weighted by Gasteiger charge is 2.32. The number of ether oxygens (including phenoxy) is 1. The van der Waals surface area contributed by atoms with Gasteiger partial charge in [0.2, 0.25) is 0 Å². The Bertz CT molecular complexity index is 378. The van der Waals surface area contributed by atoms with Crippen LogP contribution in [0.15, 0.2) is 22.7 Å². The molecule has 1 unspecified atom stereocenters. The minimum atomic E-state index is -0.670. The molecule has 0 amide bonds. The number of benzene rings is 1. The second-order valence-corrected chi connectivity index (χ2v) is 5.37. The number of halogens is 1. The van der Waals surface area contributed by atoms with Crippen LogP contribution in [-0.2, 0) is 17.6 Å². The summed E-state index contributed by atoms with van der Waals surface area (Å²) in [4.78, 5) is 0. The van der Waals surface area contributed by atoms with Crippen LogP contribution in [0.4, 0.5) is 0 Å². The third kappa shape index (κ3) is 2.65. The first kappa shape index (κ1) is 12.1. The van der Waals surface area contributed by atoms with Gasteiger partial charge in [0.1, 0.15) is 0 Å². The highest BCUT2D eigenvalue weighted by molar-refractivity contribution is 9.10. The van der Waals surface area contributed by atoms with Crippen LogP contribution in [0.3, 0.4) is 0 Å². The van der Waals surface area contributed by atoms with Gasteiger partial charge >= 0.3 is 0 Å². The van der Waals surface area contributed by atoms with Crippen LogP contribution in [0.1, 0.15) is 24.5 Å². The molecule has 0 aliphatic heterocycles. The molecule has 16 heavy (non-hydrogen) atoms. The third-order valence-corrected chi connectivity index (χ3v) is 3.62. The second kappa shape index (κ2) is 4.86. The lowest BCUT2D eigenvalue weighted by molar-refractivity contribution is -0.0517. The maximum absolute atomic E-state index is 10.4. The molecule has 1 aliphatic rings. The maximum atomic E-state index is 10.4. The van der Waals surface area contributed by atoms with Crippen LogP contribution in [-0.4, -0.2) is 23.9 Å². The minimum absolute atomic E-state index is 0.443. The van der Waals surface area contributed by atoms with Gasteiger partial charge in [-0.1, -0.05) is 22.0 Å². The van der Waals surface area contributed by atoms with Gasteiger partial charge in [-0.05, 0) is 43.0 Å². The van der Waals surface area contributed by atoms with Crippen molar-refractivity contribution in [3.05, 3.63) is 33.8 Å². The van der Waals surface area contributed by atoms with Gasteiger partial charge in [-0.3, -0.25) is 0 Å². The Morgan fingerprint density at radius 1 is 1.44 bits per heavy atom. The predicted octanol–water partition coefficient (Wildman–Crippen LogP) is 2.71. The number of rotatable bonds is 3. The molecule has 88 valence electrons. The average molecular weight is 285 g/mol. The summed E-state index contributed by atoms with van der Waals surface area (Å²) in [6.07, 6.45) is 2.42. The molecule has 3 heteroatoms. The van der Waals surface area contributed by atoms with E-state index < -0.39 is 5.60 Å². The monoisotopic (exact) mass is 284 g/mol. The lowest BCUT2D eigenvalue weighted by Gasteiger charge is -2.33. The van der Waals surface area contributed by atoms with Gasteiger partial charge < -0.3 is 9.84 Å². The standard InChI is InChI=1S/C13H17BrO2/c1-2-16-9-13(15)6-5-10-7-12(14)4-3-11(10)8-13/h3-4,7,15H,2,5-6,8-9H2,1H3. The van der Waals surface area contributed by atoms with Crippen molar-refractivity contribution < 1.29 is 9.84 Å². The smallest absolute Gasteiger partial charge is 0.0923 e. The number of aryl methyl sites for hydroxylation is 1. The van der Waals surface area contributed by atoms with Gasteiger partial charge in [0, 0.05) is 17.5 Å². The predicted molar refractivity (Wildman–Crippen MR) is 67.6 cm³/mol. The van der Waals surface area contributed by atoms with Gasteiger partial charge in [0.15, 0.2) is 0 Å². The van der Waals surface area contributed by atoms with Crippen molar-refractivity contribution in [2.75, 3.05) is 13.2 Å². The van der Waals surface area contributed by atoms with Crippen molar-refractivity contribution in [2.45, 2.75) is 31.8 Å². The molecule has 0 saturated heterocycles. The number of hydrogen-bond acceptors (Lipinski definition) is 2. The van der Waals surface area contributed by atoms with E-state index in [1.807, 2.05) is 13.0 Å². The van der Waals surface area contributed by atoms with Gasteiger partial charge in [0.05, 0.1) is 12.2 Å². The first-order chi connectivity index (χ1) is 7.63. The Hall–Kier alpha value is -0.380. The van der Waals surface area contributed by atoms with Crippen LogP contribution in [0.25, 0.3) is 0 Å². The highest BCUT2D eigenvalue weighted by atomic mass is 79.9. The summed E-state index contributed by atoms with van der Waals surface area (Å²) in [5.74, 6) is 0. The van der Waals surface area contributed by atoms with E-state index in [1.54, 1.807) is 0 Å². The number of fused-ring (bicyclic) bond motifs is 1. The Balaban J connectivity index is 2.14. The molecular formula is C13H17BrO2. The van der Waals surface area contributed by atoms with Crippen molar-refractivity contribution in [1.82, 2.24) is 0 Å². The zero-order valence-corrected chi connectivity index (χ0v) is 11.1. The molecule has 0 radical (unpaired) electrons. The van der Waals surface area contributed by atoms with Crippen LogP contribution >= 0.6 is 15.9 Å². The summed E-state index contributed by atoms with van der Waals surface area (Å²) < 4.78 is 6.47. The summed E-state index contributed by atoms with van der Waals surface area (Å²) in [5, 5.41) is 10.4. The molecular weight excluding hydrogens is 268 g/mol. The fourth-order valence-electron chi connectivity index (χ4n) is 2.23. The van der Waals surface area contributed by atoms with Crippen LogP contribution in [0, 0.1) is 0 Å². The van der Waals surface area contributed by atoms with E-state index in [1.165, 1.54) is 11.1 Å². The molecule has 2 nitrogen and oxygen atoms in total. The lowest BCUT2D eigenvalue weighted by Crippen LogP contribution is -2.40. The molecule has 0 saturated carbocycles. The molecule has 0 bridgehead atoms. The van der Waals surface area contributed by atoms with E-state index in [0.717, 1.165) is 17.3 Å². The topological polar surface area (TPSA) is 29.5 Å². The van der Waals surface area contributed by atoms with Crippen molar-refractivity contribution in [3.8, 4) is 0 Å². The second-order valence-electron chi connectivity index (χ2n) is 4.45. The molecule has 1 aliphatic carbocycles. The van der Waals surface area contributed by atoms with E-state index in [0.29, 0.717) is 19.6 Å². The van der Waals surface area contributed by atoms with Crippen LogP contribution < -0.4 is 0 Å². The molecule has 1 aromatic carbocycles. The normalized spacial score (nSPS) is 24.2. The summed E-state index contributed by atoms with van der Waals surface area (Å²) in [7, 11) is 0. The molecule has 2 rings (SSSR count). The minimum Gasteiger partial charge on any atom is -0.387 e. The van der Waals surface area contributed by atoms with Crippen LogP contribution in [0.5, 0.6) is 0 Å². The Labute approximate surface area is 105 Å². The lowest BCUT2D eigenvalue weighted by atomic mass is 9.81. The van der Waals surface area contributed by atoms with E-state index in [-0.39, 0.29) is 0 Å². The zero-order chi connectivity index (χ0) is 11.6. The summed E-state index contributed by atoms with van der Waals surface area (Å²) in [5.41, 5.74) is 1.92. The van der Waals surface area contributed by atoms with E-state index in [2.05, 4.69) is 28.1 Å². The summed E-state index contributed by atoms with van der Waals surface area (Å²) >= 11 is 3.47. The fourth-order valence-corrected chi connectivity index (χ4v) is 2.63. The molecule has 0 fully saturated rings. The Morgan fingerprint density at radius 3 is 3.00 bits per heavy atom. The molecule has 1 aromatic rings. The molecule has 1 atom stereocenters. The third-order valence-electron chi connectivity index (χ3n) is 3.12. The van der Waals surface area contributed by atoms with Gasteiger partial charge in [-0.25, -0.2) is 0 Å². The van der Waals surface area contributed by atoms with Gasteiger partial charge in [0.25, 0.3) is 0 Å². The maximum Gasteiger partial charge on any atom is 0.0923 e. The summed E-state index contributed by atoms with van der Waals surface area (Å²) in [6.45, 7) is 3.06. The Morgan fingerprint density at radius 2 is 2.25 bits per heavy atom. The zero-order valence-electron chi connectivity index (χ0n) is 9.50. The largest absolute Gasteiger partial charge is 0.387 e. The first-order valence-corrected chi connectivity index (χ1v) is 6.50. The van der Waals surface area contributed by atoms with Crippen molar-refractivity contribution in [1.29, 1.82) is 0 Å². The van der Waals surface area contributed by atoms with Crippen LogP contribution in [0.2, 0.25) is 0 Å². The van der Waals surface area contributed by atoms with E-state index in [4.69, 9.17) is 4.74 Å². The van der Waals surface area contributed by atoms with Gasteiger partial charge in [-0.2, -0.15) is 0 Å². The van der Waals surface area contributed by atoms with Crippen molar-refractivity contribution in [3.63, 3.8) is 0 Å². The Kier molecular flexibility index (Phi) is 3.67. The molecule has 1 N–H and O–H groups in total. The first-order valence-electron chi connectivity index (χ1n) is 5.70. The number of aliphatic hydroxyl groups is 1. The van der Waals surface area contributed by atoms with E-state index >= 15 is 0 Å². The molecule has 0 heterocycles. The summed E-state index contributed by atoms with van der Waals surface area (Å²) in [6, 6.07) is 6.27. The average Bonchev–Trinajstić information content (AvgIpc) is 2.27. The molecule has 0 aromatic heterocycles. The van der Waals surface area contributed by atoms with Crippen molar-refractivity contribution >= 4 is 15.9 Å². The van der Waals surface area contributed by atoms with E-state index in [9.17, 15) is 5.11 Å². The van der Waals surface area contributed by atoms with Crippen molar-refractivity contribution in [2.24, 2.45) is 0 Å².